The van der Waals surface area contributed by atoms with Gasteiger partial charge in [0.05, 0.1) is 0 Å². The van der Waals surface area contributed by atoms with Crippen molar-refractivity contribution in [1.82, 2.24) is 0 Å². The van der Waals surface area contributed by atoms with Crippen molar-refractivity contribution in [2.75, 3.05) is 13.2 Å². The van der Waals surface area contributed by atoms with E-state index in [1.54, 1.807) is 0 Å². The summed E-state index contributed by atoms with van der Waals surface area (Å²) in [6.07, 6.45) is 88.3. The Labute approximate surface area is 461 Å². The van der Waals surface area contributed by atoms with Gasteiger partial charge in [-0.15, -0.1) is 0 Å². The first kappa shape index (κ1) is 70.3. The van der Waals surface area contributed by atoms with E-state index in [9.17, 15) is 14.4 Å². The van der Waals surface area contributed by atoms with Crippen LogP contribution in [0.4, 0.5) is 0 Å². The highest BCUT2D eigenvalue weighted by atomic mass is 16.6. The van der Waals surface area contributed by atoms with Crippen LogP contribution in [0, 0.1) is 0 Å². The number of carbonyl (C=O) groups excluding carboxylic acids is 3. The van der Waals surface area contributed by atoms with Gasteiger partial charge in [0, 0.05) is 19.3 Å². The van der Waals surface area contributed by atoms with E-state index in [1.165, 1.54) is 70.6 Å². The van der Waals surface area contributed by atoms with Gasteiger partial charge in [-0.25, -0.2) is 0 Å². The van der Waals surface area contributed by atoms with E-state index in [2.05, 4.69) is 167 Å². The third-order valence-corrected chi connectivity index (χ3v) is 12.3. The van der Waals surface area contributed by atoms with Crippen LogP contribution in [-0.2, 0) is 28.6 Å². The summed E-state index contributed by atoms with van der Waals surface area (Å²) in [4.78, 5) is 38.3. The molecule has 0 aromatic carbocycles. The van der Waals surface area contributed by atoms with Gasteiger partial charge in [-0.2, -0.15) is 0 Å². The molecule has 0 bridgehead atoms. The maximum Gasteiger partial charge on any atom is 0.306 e. The lowest BCUT2D eigenvalue weighted by atomic mass is 10.1. The molecule has 0 radical (unpaired) electrons. The number of esters is 3. The molecule has 0 aromatic rings. The predicted molar refractivity (Wildman–Crippen MR) is 325 cm³/mol. The van der Waals surface area contributed by atoms with Crippen molar-refractivity contribution in [2.24, 2.45) is 0 Å². The van der Waals surface area contributed by atoms with Gasteiger partial charge in [0.15, 0.2) is 6.10 Å². The third-order valence-electron chi connectivity index (χ3n) is 12.3. The molecule has 0 rings (SSSR count). The Morgan fingerprint density at radius 1 is 0.280 bits per heavy atom. The normalized spacial score (nSPS) is 13.2. The van der Waals surface area contributed by atoms with Crippen molar-refractivity contribution in [3.8, 4) is 0 Å². The number of hydrogen-bond donors (Lipinski definition) is 0. The number of ether oxygens (including phenoxy) is 3. The second-order valence-corrected chi connectivity index (χ2v) is 19.5. The van der Waals surface area contributed by atoms with Crippen LogP contribution >= 0.6 is 0 Å². The fourth-order valence-corrected chi connectivity index (χ4v) is 7.82. The summed E-state index contributed by atoms with van der Waals surface area (Å²) < 4.78 is 16.9. The third kappa shape index (κ3) is 60.0. The van der Waals surface area contributed by atoms with Gasteiger partial charge < -0.3 is 14.2 Å². The summed E-state index contributed by atoms with van der Waals surface area (Å²) in [5.74, 6) is -0.983. The Bertz CT molecular complexity index is 1660. The lowest BCUT2D eigenvalue weighted by molar-refractivity contribution is -0.167. The largest absolute Gasteiger partial charge is 0.462 e. The van der Waals surface area contributed by atoms with Gasteiger partial charge in [0.1, 0.15) is 13.2 Å². The zero-order valence-corrected chi connectivity index (χ0v) is 48.3. The van der Waals surface area contributed by atoms with Crippen molar-refractivity contribution in [3.05, 3.63) is 146 Å². The highest BCUT2D eigenvalue weighted by Crippen LogP contribution is 2.14. The lowest BCUT2D eigenvalue weighted by Gasteiger charge is -2.18. The molecule has 0 aliphatic rings. The van der Waals surface area contributed by atoms with E-state index in [1.807, 2.05) is 0 Å². The second-order valence-electron chi connectivity index (χ2n) is 19.5. The summed E-state index contributed by atoms with van der Waals surface area (Å²) in [5, 5.41) is 0. The smallest absolute Gasteiger partial charge is 0.306 e. The van der Waals surface area contributed by atoms with E-state index >= 15 is 0 Å². The zero-order valence-electron chi connectivity index (χ0n) is 48.3. The standard InChI is InChI=1S/C69H110O6/c1-4-7-10-13-16-19-22-25-28-31-34-37-40-43-46-49-52-55-58-61-67(70)73-64-66(75-69(72)63-60-57-54-51-48-45-42-39-36-33-30-27-24-21-18-15-12-9-6-3)65-74-68(71)62-59-56-53-50-47-44-41-38-35-32-29-26-23-20-17-14-11-8-5-2/h7,9-10,12,16-21,25-30,34,36-37,39,43,45-46,48,66H,4-6,8,11,13-15,22-24,31-33,35,38,40-42,44,47,49-65H2,1-3H3/b10-7-,12-9-,19-16-,20-17-,21-18-,28-25-,29-26-,30-27-,37-34-,39-36-,46-43-,48-45-/t66-/m1/s1. The van der Waals surface area contributed by atoms with Crippen molar-refractivity contribution in [3.63, 3.8) is 0 Å². The summed E-state index contributed by atoms with van der Waals surface area (Å²) >= 11 is 0. The second kappa shape index (κ2) is 61.8. The number of hydrogen-bond acceptors (Lipinski definition) is 6. The van der Waals surface area contributed by atoms with Gasteiger partial charge in [-0.3, -0.25) is 14.4 Å². The molecular weight excluding hydrogens is 925 g/mol. The molecule has 0 aromatic heterocycles. The van der Waals surface area contributed by atoms with Crippen LogP contribution in [0.1, 0.15) is 252 Å². The van der Waals surface area contributed by atoms with Crippen LogP contribution in [-0.4, -0.2) is 37.2 Å². The van der Waals surface area contributed by atoms with Crippen molar-refractivity contribution < 1.29 is 28.6 Å². The number of unbranched alkanes of at least 4 members (excludes halogenated alkanes) is 18. The van der Waals surface area contributed by atoms with Crippen molar-refractivity contribution >= 4 is 17.9 Å². The minimum atomic E-state index is -0.819. The molecule has 0 saturated heterocycles. The van der Waals surface area contributed by atoms with Crippen molar-refractivity contribution in [1.29, 1.82) is 0 Å². The minimum Gasteiger partial charge on any atom is -0.462 e. The van der Waals surface area contributed by atoms with Gasteiger partial charge in [0.25, 0.3) is 0 Å². The van der Waals surface area contributed by atoms with Crippen LogP contribution in [0.3, 0.4) is 0 Å². The Morgan fingerprint density at radius 2 is 0.520 bits per heavy atom. The first-order valence-electron chi connectivity index (χ1n) is 30.3. The van der Waals surface area contributed by atoms with Crippen LogP contribution in [0.25, 0.3) is 0 Å². The van der Waals surface area contributed by atoms with Gasteiger partial charge in [-0.05, 0) is 141 Å². The average Bonchev–Trinajstić information content (AvgIpc) is 3.41. The first-order valence-corrected chi connectivity index (χ1v) is 30.3. The molecule has 6 heteroatoms. The Balaban J connectivity index is 4.54. The summed E-state index contributed by atoms with van der Waals surface area (Å²) in [6, 6.07) is 0. The van der Waals surface area contributed by atoms with Crippen LogP contribution in [0.15, 0.2) is 146 Å². The molecule has 75 heavy (non-hydrogen) atoms. The Hall–Kier alpha value is -4.71. The van der Waals surface area contributed by atoms with E-state index in [4.69, 9.17) is 14.2 Å². The molecule has 0 aliphatic carbocycles. The molecule has 0 fully saturated rings. The average molecular weight is 1040 g/mol. The van der Waals surface area contributed by atoms with Gasteiger partial charge in [-0.1, -0.05) is 237 Å². The molecule has 6 nitrogen and oxygen atoms in total. The summed E-state index contributed by atoms with van der Waals surface area (Å²) in [5.41, 5.74) is 0. The van der Waals surface area contributed by atoms with Crippen molar-refractivity contribution in [2.45, 2.75) is 258 Å². The Morgan fingerprint density at radius 3 is 0.827 bits per heavy atom. The van der Waals surface area contributed by atoms with Crippen LogP contribution in [0.5, 0.6) is 0 Å². The minimum absolute atomic E-state index is 0.110. The Kier molecular flexibility index (Phi) is 58.0. The highest BCUT2D eigenvalue weighted by Gasteiger charge is 2.19. The predicted octanol–water partition coefficient (Wildman–Crippen LogP) is 20.8. The molecule has 0 saturated carbocycles. The van der Waals surface area contributed by atoms with E-state index in [0.717, 1.165) is 135 Å². The zero-order chi connectivity index (χ0) is 54.3. The maximum absolute atomic E-state index is 12.9. The lowest BCUT2D eigenvalue weighted by Crippen LogP contribution is -2.30. The summed E-state index contributed by atoms with van der Waals surface area (Å²) in [7, 11) is 0. The van der Waals surface area contributed by atoms with E-state index < -0.39 is 6.10 Å². The molecule has 0 aliphatic heterocycles. The molecule has 0 N–H and O–H groups in total. The summed E-state index contributed by atoms with van der Waals surface area (Å²) in [6.45, 7) is 6.33. The molecule has 0 amide bonds. The van der Waals surface area contributed by atoms with E-state index in [-0.39, 0.29) is 37.5 Å². The fourth-order valence-electron chi connectivity index (χ4n) is 7.82. The van der Waals surface area contributed by atoms with Gasteiger partial charge >= 0.3 is 17.9 Å². The topological polar surface area (TPSA) is 78.9 Å². The monoisotopic (exact) mass is 1030 g/mol. The van der Waals surface area contributed by atoms with Gasteiger partial charge in [0.2, 0.25) is 0 Å². The maximum atomic E-state index is 12.9. The van der Waals surface area contributed by atoms with Crippen LogP contribution in [0.2, 0.25) is 0 Å². The molecule has 0 unspecified atom stereocenters. The fraction of sp³-hybridized carbons (Fsp3) is 0.609. The molecule has 0 spiro atoms. The molecule has 0 heterocycles. The molecule has 422 valence electrons. The highest BCUT2D eigenvalue weighted by molar-refractivity contribution is 5.71. The molecule has 1 atom stereocenters. The van der Waals surface area contributed by atoms with E-state index in [0.29, 0.717) is 19.3 Å². The number of carbonyl (C=O) groups is 3. The number of rotatable bonds is 53. The SMILES string of the molecule is CC/C=C\C/C=C\C/C=C\C/C=C\C/C=C\CCCCCC(=O)OC[C@H](COC(=O)CCCCCCCCCCC/C=C\C/C=C\CCCCC)OC(=O)CCCCC/C=C\C/C=C\C/C=C\C/C=C\C/C=C\CC. The number of allylic oxidation sites excluding steroid dienone is 24. The molecular formula is C69H110O6. The van der Waals surface area contributed by atoms with Crippen LogP contribution < -0.4 is 0 Å². The first-order chi connectivity index (χ1) is 37.0. The quantitative estimate of drug-likeness (QED) is 0.0261.